The molecule has 0 fully saturated rings. The first kappa shape index (κ1) is 28.5. The third-order valence-electron chi connectivity index (χ3n) is 5.65. The molecule has 2 amide bonds. The molecule has 192 valence electrons. The molecule has 0 unspecified atom stereocenters. The highest BCUT2D eigenvalue weighted by atomic mass is 16.5. The van der Waals surface area contributed by atoms with Crippen molar-refractivity contribution in [1.29, 1.82) is 0 Å². The molecule has 0 aliphatic heterocycles. The van der Waals surface area contributed by atoms with Gasteiger partial charge in [0.15, 0.2) is 0 Å². The molecule has 2 aromatic rings. The maximum absolute atomic E-state index is 13.2. The minimum absolute atomic E-state index is 0.0254. The van der Waals surface area contributed by atoms with Crippen LogP contribution in [0.15, 0.2) is 86.0 Å². The molecule has 0 saturated carbocycles. The Balaban J connectivity index is 2.02. The highest BCUT2D eigenvalue weighted by molar-refractivity contribution is 5.86. The van der Waals surface area contributed by atoms with E-state index in [1.165, 1.54) is 0 Å². The van der Waals surface area contributed by atoms with Crippen molar-refractivity contribution in [3.05, 3.63) is 97.1 Å². The highest BCUT2D eigenvalue weighted by Gasteiger charge is 2.25. The number of nitrogens with one attached hydrogen (secondary N) is 2. The fourth-order valence-corrected chi connectivity index (χ4v) is 3.72. The van der Waals surface area contributed by atoms with Crippen LogP contribution in [0.4, 0.5) is 0 Å². The number of ether oxygens (including phenoxy) is 1. The van der Waals surface area contributed by atoms with Gasteiger partial charge in [-0.1, -0.05) is 72.8 Å². The topological polar surface area (TPSA) is 105 Å². The number of benzene rings is 2. The van der Waals surface area contributed by atoms with Gasteiger partial charge < -0.3 is 20.5 Å². The number of hydrogen-bond donors (Lipinski definition) is 3. The Labute approximate surface area is 213 Å². The fourth-order valence-electron chi connectivity index (χ4n) is 3.72. The van der Waals surface area contributed by atoms with Crippen LogP contribution in [-0.2, 0) is 25.5 Å². The number of carbonyl (C=O) groups excluding carboxylic acids is 3. The lowest BCUT2D eigenvalue weighted by molar-refractivity contribution is -0.145. The third kappa shape index (κ3) is 10.3. The summed E-state index contributed by atoms with van der Waals surface area (Å²) >= 11 is 0. The van der Waals surface area contributed by atoms with E-state index in [4.69, 9.17) is 4.74 Å². The zero-order valence-electron chi connectivity index (χ0n) is 20.6. The summed E-state index contributed by atoms with van der Waals surface area (Å²) in [5.41, 5.74) is 1.78. The zero-order valence-corrected chi connectivity index (χ0v) is 20.6. The lowest BCUT2D eigenvalue weighted by Crippen LogP contribution is -2.42. The molecule has 2 rings (SSSR count). The van der Waals surface area contributed by atoms with Gasteiger partial charge >= 0.3 is 5.97 Å². The molecule has 0 aliphatic carbocycles. The van der Waals surface area contributed by atoms with E-state index in [0.29, 0.717) is 19.3 Å². The van der Waals surface area contributed by atoms with Crippen LogP contribution in [0.1, 0.15) is 42.9 Å². The first-order chi connectivity index (χ1) is 17.5. The Morgan fingerprint density at radius 2 is 1.61 bits per heavy atom. The fraction of sp³-hybridized carbons (Fsp3) is 0.345. The number of amides is 2. The molecule has 0 saturated heterocycles. The van der Waals surface area contributed by atoms with Crippen LogP contribution >= 0.6 is 0 Å². The molecule has 3 atom stereocenters. The predicted molar refractivity (Wildman–Crippen MR) is 140 cm³/mol. The number of allylic oxidation sites excluding steroid dienone is 2. The Morgan fingerprint density at radius 1 is 0.944 bits per heavy atom. The third-order valence-corrected chi connectivity index (χ3v) is 5.65. The molecule has 0 aromatic heterocycles. The predicted octanol–water partition coefficient (Wildman–Crippen LogP) is 3.66. The maximum Gasteiger partial charge on any atom is 0.306 e. The second-order valence-corrected chi connectivity index (χ2v) is 8.54. The van der Waals surface area contributed by atoms with Gasteiger partial charge in [-0.15, -0.1) is 13.2 Å². The van der Waals surface area contributed by atoms with Crippen molar-refractivity contribution < 1.29 is 24.2 Å². The van der Waals surface area contributed by atoms with E-state index in [2.05, 4.69) is 23.8 Å². The lowest BCUT2D eigenvalue weighted by Gasteiger charge is -2.23. The Kier molecular flexibility index (Phi) is 12.7. The van der Waals surface area contributed by atoms with Crippen LogP contribution < -0.4 is 10.6 Å². The van der Waals surface area contributed by atoms with Gasteiger partial charge in [-0.2, -0.15) is 0 Å². The number of aliphatic hydroxyl groups excluding tert-OH is 1. The van der Waals surface area contributed by atoms with Gasteiger partial charge in [0.1, 0.15) is 6.61 Å². The molecule has 36 heavy (non-hydrogen) atoms. The smallest absolute Gasteiger partial charge is 0.306 e. The quantitative estimate of drug-likeness (QED) is 0.245. The van der Waals surface area contributed by atoms with E-state index in [0.717, 1.165) is 11.1 Å². The first-order valence-corrected chi connectivity index (χ1v) is 12.1. The second kappa shape index (κ2) is 16.1. The largest absolute Gasteiger partial charge is 0.463 e. The van der Waals surface area contributed by atoms with Gasteiger partial charge in [0, 0.05) is 12.8 Å². The van der Waals surface area contributed by atoms with Crippen molar-refractivity contribution in [2.45, 2.75) is 44.2 Å². The van der Waals surface area contributed by atoms with Gasteiger partial charge in [-0.05, 0) is 30.4 Å². The molecule has 3 N–H and O–H groups in total. The molecule has 0 spiro atoms. The van der Waals surface area contributed by atoms with Gasteiger partial charge in [-0.25, -0.2) is 0 Å². The molecule has 0 radical (unpaired) electrons. The minimum atomic E-state index is -0.666. The summed E-state index contributed by atoms with van der Waals surface area (Å²) in [5.74, 6) is -1.72. The molecule has 0 heterocycles. The number of aliphatic hydroxyl groups is 1. The first-order valence-electron chi connectivity index (χ1n) is 12.1. The summed E-state index contributed by atoms with van der Waals surface area (Å²) in [6.07, 6.45) is 4.67. The number of carbonyl (C=O) groups is 3. The SMILES string of the molecule is C=CCCC(=O)OC[C@@H](NC(=O)[C@@H](CC=C)CC(=O)N[C@H](CO)Cc1ccccc1)c1ccccc1. The Morgan fingerprint density at radius 3 is 2.22 bits per heavy atom. The van der Waals surface area contributed by atoms with Crippen LogP contribution in [0.3, 0.4) is 0 Å². The molecular weight excluding hydrogens is 456 g/mol. The van der Waals surface area contributed by atoms with Crippen LogP contribution in [0.2, 0.25) is 0 Å². The monoisotopic (exact) mass is 492 g/mol. The van der Waals surface area contributed by atoms with Crippen molar-refractivity contribution in [2.75, 3.05) is 13.2 Å². The van der Waals surface area contributed by atoms with E-state index in [1.54, 1.807) is 12.2 Å². The average Bonchev–Trinajstić information content (AvgIpc) is 2.90. The number of esters is 1. The van der Waals surface area contributed by atoms with E-state index < -0.39 is 18.0 Å². The minimum Gasteiger partial charge on any atom is -0.463 e. The summed E-state index contributed by atoms with van der Waals surface area (Å²) < 4.78 is 5.38. The van der Waals surface area contributed by atoms with Crippen molar-refractivity contribution in [3.63, 3.8) is 0 Å². The standard InChI is InChI=1S/C29H36N2O5/c1-3-5-17-28(34)36-21-26(23-15-10-7-11-16-23)31-29(35)24(12-4-2)19-27(33)30-25(20-32)18-22-13-8-6-9-14-22/h3-4,6-11,13-16,24-26,32H,1-2,5,12,17-21H2,(H,30,33)(H,31,35)/t24-,25-,26+/m0/s1. The van der Waals surface area contributed by atoms with Crippen molar-refractivity contribution in [2.24, 2.45) is 5.92 Å². The number of rotatable bonds is 16. The van der Waals surface area contributed by atoms with Crippen molar-refractivity contribution >= 4 is 17.8 Å². The van der Waals surface area contributed by atoms with Crippen LogP contribution in [0.5, 0.6) is 0 Å². The van der Waals surface area contributed by atoms with Gasteiger partial charge in [-0.3, -0.25) is 14.4 Å². The molecule has 0 aliphatic rings. The summed E-state index contributed by atoms with van der Waals surface area (Å²) in [5, 5.41) is 15.5. The zero-order chi connectivity index (χ0) is 26.2. The normalized spacial score (nSPS) is 13.0. The summed E-state index contributed by atoms with van der Waals surface area (Å²) in [7, 11) is 0. The summed E-state index contributed by atoms with van der Waals surface area (Å²) in [6.45, 7) is 7.08. The van der Waals surface area contributed by atoms with Crippen LogP contribution in [0, 0.1) is 5.92 Å². The van der Waals surface area contributed by atoms with Crippen molar-refractivity contribution in [3.8, 4) is 0 Å². The number of hydrogen-bond acceptors (Lipinski definition) is 5. The molecule has 2 aromatic carbocycles. The lowest BCUT2D eigenvalue weighted by atomic mass is 9.98. The van der Waals surface area contributed by atoms with Gasteiger partial charge in [0.25, 0.3) is 0 Å². The van der Waals surface area contributed by atoms with Crippen LogP contribution in [-0.4, -0.2) is 42.1 Å². The molecule has 0 bridgehead atoms. The molecule has 7 heteroatoms. The average molecular weight is 493 g/mol. The van der Waals surface area contributed by atoms with Gasteiger partial charge in [0.05, 0.1) is 24.6 Å². The maximum atomic E-state index is 13.2. The molecule has 7 nitrogen and oxygen atoms in total. The highest BCUT2D eigenvalue weighted by Crippen LogP contribution is 2.17. The van der Waals surface area contributed by atoms with E-state index >= 15 is 0 Å². The van der Waals surface area contributed by atoms with E-state index in [1.807, 2.05) is 60.7 Å². The summed E-state index contributed by atoms with van der Waals surface area (Å²) in [6, 6.07) is 17.7. The van der Waals surface area contributed by atoms with E-state index in [-0.39, 0.29) is 43.8 Å². The molecular formula is C29H36N2O5. The van der Waals surface area contributed by atoms with Crippen molar-refractivity contribution in [1.82, 2.24) is 10.6 Å². The van der Waals surface area contributed by atoms with Gasteiger partial charge in [0.2, 0.25) is 11.8 Å². The van der Waals surface area contributed by atoms with E-state index in [9.17, 15) is 19.5 Å². The summed E-state index contributed by atoms with van der Waals surface area (Å²) in [4.78, 5) is 37.9. The Hall–Kier alpha value is -3.71. The van der Waals surface area contributed by atoms with Crippen LogP contribution in [0.25, 0.3) is 0 Å². The Bertz CT molecular complexity index is 978. The second-order valence-electron chi connectivity index (χ2n) is 8.54.